The van der Waals surface area contributed by atoms with Gasteiger partial charge in [0.2, 0.25) is 0 Å². The molecule has 142 valence electrons. The van der Waals surface area contributed by atoms with E-state index >= 15 is 0 Å². The molecule has 25 heavy (non-hydrogen) atoms. The highest BCUT2D eigenvalue weighted by Crippen LogP contribution is 2.45. The molecule has 0 aromatic carbocycles. The molecule has 2 aliphatic rings. The van der Waals surface area contributed by atoms with E-state index in [0.717, 1.165) is 43.3 Å². The summed E-state index contributed by atoms with van der Waals surface area (Å²) < 4.78 is 5.51. The Morgan fingerprint density at radius 3 is 2.68 bits per heavy atom. The van der Waals surface area contributed by atoms with Gasteiger partial charge in [-0.25, -0.2) is 0 Å². The van der Waals surface area contributed by atoms with E-state index in [1.54, 1.807) is 0 Å². The number of likely N-dealkylation sites (tertiary alicyclic amines) is 1. The van der Waals surface area contributed by atoms with E-state index < -0.39 is 0 Å². The van der Waals surface area contributed by atoms with Crippen molar-refractivity contribution in [2.45, 2.75) is 71.3 Å². The zero-order valence-electron chi connectivity index (χ0n) is 15.9. The molecule has 1 saturated heterocycles. The molecule has 3 rings (SSSR count). The maximum absolute atomic E-state index is 5.51. The molecule has 5 nitrogen and oxygen atoms in total. The van der Waals surface area contributed by atoms with Crippen LogP contribution in [0.3, 0.4) is 0 Å². The molecule has 1 aromatic heterocycles. The number of rotatable bonds is 5. The van der Waals surface area contributed by atoms with Crippen molar-refractivity contribution in [3.05, 3.63) is 17.5 Å². The summed E-state index contributed by atoms with van der Waals surface area (Å²) >= 11 is 0. The first kappa shape index (κ1) is 20.5. The molecule has 1 N–H and O–H groups in total. The monoisotopic (exact) mass is 460 g/mol. The molecule has 1 aliphatic heterocycles. The highest BCUT2D eigenvalue weighted by atomic mass is 127. The van der Waals surface area contributed by atoms with Gasteiger partial charge in [0.15, 0.2) is 11.7 Å². The first-order valence-corrected chi connectivity index (χ1v) is 9.61. The van der Waals surface area contributed by atoms with Crippen LogP contribution in [0.2, 0.25) is 0 Å². The largest absolute Gasteiger partial charge is 0.359 e. The summed E-state index contributed by atoms with van der Waals surface area (Å²) in [6.07, 6.45) is 9.10. The van der Waals surface area contributed by atoms with Gasteiger partial charge in [-0.3, -0.25) is 4.99 Å². The summed E-state index contributed by atoms with van der Waals surface area (Å²) in [6.45, 7) is 7.34. The number of guanidine groups is 1. The fourth-order valence-electron chi connectivity index (χ4n) is 4.46. The van der Waals surface area contributed by atoms with Crippen molar-refractivity contribution in [1.82, 2.24) is 15.4 Å². The van der Waals surface area contributed by atoms with Crippen molar-refractivity contribution in [3.63, 3.8) is 0 Å². The Kier molecular flexibility index (Phi) is 7.58. The zero-order chi connectivity index (χ0) is 17.0. The summed E-state index contributed by atoms with van der Waals surface area (Å²) in [5.41, 5.74) is 1.64. The van der Waals surface area contributed by atoms with Crippen LogP contribution in [0.1, 0.15) is 76.2 Å². The van der Waals surface area contributed by atoms with E-state index in [2.05, 4.69) is 40.3 Å². The first-order valence-electron chi connectivity index (χ1n) is 9.61. The van der Waals surface area contributed by atoms with E-state index in [4.69, 9.17) is 4.52 Å². The number of aromatic nitrogens is 1. The van der Waals surface area contributed by atoms with E-state index in [-0.39, 0.29) is 24.0 Å². The Morgan fingerprint density at radius 1 is 1.32 bits per heavy atom. The predicted octanol–water partition coefficient (Wildman–Crippen LogP) is 4.54. The highest BCUT2D eigenvalue weighted by Gasteiger charge is 2.41. The first-order chi connectivity index (χ1) is 11.7. The van der Waals surface area contributed by atoms with Gasteiger partial charge in [0, 0.05) is 32.1 Å². The summed E-state index contributed by atoms with van der Waals surface area (Å²) in [4.78, 5) is 6.90. The van der Waals surface area contributed by atoms with Gasteiger partial charge in [-0.15, -0.1) is 24.0 Å². The van der Waals surface area contributed by atoms with Crippen molar-refractivity contribution in [2.24, 2.45) is 10.4 Å². The smallest absolute Gasteiger partial charge is 0.194 e. The lowest BCUT2D eigenvalue weighted by Gasteiger charge is -2.25. The van der Waals surface area contributed by atoms with Crippen LogP contribution in [0, 0.1) is 5.41 Å². The third-order valence-electron chi connectivity index (χ3n) is 6.02. The van der Waals surface area contributed by atoms with Crippen LogP contribution in [-0.4, -0.2) is 36.2 Å². The molecule has 0 bridgehead atoms. The molecule has 0 radical (unpaired) electrons. The lowest BCUT2D eigenvalue weighted by Crippen LogP contribution is -2.40. The van der Waals surface area contributed by atoms with Crippen LogP contribution < -0.4 is 5.32 Å². The fraction of sp³-hybridized carbons (Fsp3) is 0.789. The minimum atomic E-state index is 0. The molecule has 0 amide bonds. The molecular formula is C19H33IN4O. The maximum atomic E-state index is 5.51. The average molecular weight is 460 g/mol. The lowest BCUT2D eigenvalue weighted by atomic mass is 9.86. The number of nitrogens with zero attached hydrogens (tertiary/aromatic N) is 3. The molecular weight excluding hydrogens is 427 g/mol. The van der Waals surface area contributed by atoms with Crippen LogP contribution in [0.25, 0.3) is 0 Å². The van der Waals surface area contributed by atoms with Gasteiger partial charge >= 0.3 is 0 Å². The average Bonchev–Trinajstić information content (AvgIpc) is 3.33. The summed E-state index contributed by atoms with van der Waals surface area (Å²) in [7, 11) is 1.87. The second-order valence-electron chi connectivity index (χ2n) is 7.51. The van der Waals surface area contributed by atoms with Gasteiger partial charge in [-0.05, 0) is 37.5 Å². The summed E-state index contributed by atoms with van der Waals surface area (Å²) in [5, 5.41) is 7.71. The number of nitrogens with one attached hydrogen (secondary N) is 1. The van der Waals surface area contributed by atoms with E-state index in [1.165, 1.54) is 32.1 Å². The Hall–Kier alpha value is -0.790. The molecule has 2 heterocycles. The summed E-state index contributed by atoms with van der Waals surface area (Å²) in [6, 6.07) is 2.10. The Labute approximate surface area is 169 Å². The molecule has 0 unspecified atom stereocenters. The lowest BCUT2D eigenvalue weighted by molar-refractivity contribution is 0.308. The quantitative estimate of drug-likeness (QED) is 0.398. The molecule has 1 spiro atoms. The van der Waals surface area contributed by atoms with Gasteiger partial charge in [0.05, 0.1) is 12.2 Å². The van der Waals surface area contributed by atoms with Crippen molar-refractivity contribution in [1.29, 1.82) is 0 Å². The topological polar surface area (TPSA) is 53.7 Å². The molecule has 0 atom stereocenters. The predicted molar refractivity (Wildman–Crippen MR) is 113 cm³/mol. The van der Waals surface area contributed by atoms with Crippen LogP contribution >= 0.6 is 24.0 Å². The molecule has 1 aliphatic carbocycles. The third-order valence-corrected chi connectivity index (χ3v) is 6.02. The Bertz CT molecular complexity index is 562. The molecule has 2 fully saturated rings. The zero-order valence-corrected chi connectivity index (χ0v) is 18.2. The van der Waals surface area contributed by atoms with Crippen molar-refractivity contribution < 1.29 is 4.52 Å². The van der Waals surface area contributed by atoms with Gasteiger partial charge in [0.1, 0.15) is 0 Å². The van der Waals surface area contributed by atoms with Crippen LogP contribution in [0.4, 0.5) is 0 Å². The van der Waals surface area contributed by atoms with Crippen molar-refractivity contribution in [3.8, 4) is 0 Å². The van der Waals surface area contributed by atoms with Crippen LogP contribution in [-0.2, 0) is 6.54 Å². The minimum Gasteiger partial charge on any atom is -0.359 e. The molecule has 1 saturated carbocycles. The Morgan fingerprint density at radius 2 is 2.04 bits per heavy atom. The van der Waals surface area contributed by atoms with E-state index in [0.29, 0.717) is 17.9 Å². The van der Waals surface area contributed by atoms with Crippen molar-refractivity contribution >= 4 is 29.9 Å². The fourth-order valence-corrected chi connectivity index (χ4v) is 4.46. The van der Waals surface area contributed by atoms with Gasteiger partial charge in [-0.1, -0.05) is 31.8 Å². The van der Waals surface area contributed by atoms with E-state index in [9.17, 15) is 0 Å². The van der Waals surface area contributed by atoms with Gasteiger partial charge in [0.25, 0.3) is 0 Å². The Balaban J connectivity index is 0.00000225. The van der Waals surface area contributed by atoms with Crippen molar-refractivity contribution in [2.75, 3.05) is 20.1 Å². The van der Waals surface area contributed by atoms with Crippen LogP contribution in [0.5, 0.6) is 0 Å². The normalized spacial score (nSPS) is 19.7. The summed E-state index contributed by atoms with van der Waals surface area (Å²) in [5.74, 6) is 2.40. The second-order valence-corrected chi connectivity index (χ2v) is 7.51. The van der Waals surface area contributed by atoms with Gasteiger partial charge in [-0.2, -0.15) is 0 Å². The third kappa shape index (κ3) is 4.68. The standard InChI is InChI=1S/C19H32N4O.HI/c1-4-15(5-2)17-12-16(24-22-17)13-21-18(20-3)23-11-10-19(14-23)8-6-7-9-19;/h12,15H,4-11,13-14H2,1-3H3,(H,20,21);1H. The minimum absolute atomic E-state index is 0. The number of halogens is 1. The molecule has 1 aromatic rings. The number of hydrogen-bond donors (Lipinski definition) is 1. The number of hydrogen-bond acceptors (Lipinski definition) is 3. The SMILES string of the molecule is CCC(CC)c1cc(CNC(=NC)N2CCC3(CCCC3)C2)on1.I. The van der Waals surface area contributed by atoms with E-state index in [1.807, 2.05) is 7.05 Å². The highest BCUT2D eigenvalue weighted by molar-refractivity contribution is 14.0. The second kappa shape index (κ2) is 9.24. The van der Waals surface area contributed by atoms with Gasteiger partial charge < -0.3 is 14.7 Å². The van der Waals surface area contributed by atoms with Crippen LogP contribution in [0.15, 0.2) is 15.6 Å². The maximum Gasteiger partial charge on any atom is 0.194 e. The molecule has 6 heteroatoms. The number of aliphatic imine (C=N–C) groups is 1.